The first kappa shape index (κ1) is 19.1. The summed E-state index contributed by atoms with van der Waals surface area (Å²) in [6.45, 7) is 4.01. The van der Waals surface area contributed by atoms with Crippen LogP contribution in [0, 0.1) is 0 Å². The molecule has 0 saturated heterocycles. The van der Waals surface area contributed by atoms with Gasteiger partial charge in [-0.25, -0.2) is 4.68 Å². The Hall–Kier alpha value is -2.67. The van der Waals surface area contributed by atoms with Crippen molar-refractivity contribution in [3.8, 4) is 0 Å². The number of thioether (sulfide) groups is 1. The molecule has 0 bridgehead atoms. The average molecular weight is 382 g/mol. The molecule has 1 heterocycles. The van der Waals surface area contributed by atoms with Crippen molar-refractivity contribution in [1.82, 2.24) is 25.5 Å². The summed E-state index contributed by atoms with van der Waals surface area (Å²) in [6, 6.07) is 20.3. The number of carbonyl (C=O) groups excluding carboxylic acids is 1. The largest absolute Gasteiger partial charge is 0.348 e. The molecule has 0 aliphatic heterocycles. The molecule has 1 atom stereocenters. The molecule has 3 rings (SSSR count). The first-order chi connectivity index (χ1) is 13.1. The second kappa shape index (κ2) is 9.32. The van der Waals surface area contributed by atoms with Gasteiger partial charge in [0.1, 0.15) is 0 Å². The molecule has 1 aromatic heterocycles. The maximum Gasteiger partial charge on any atom is 0.230 e. The minimum absolute atomic E-state index is 0.0388. The third-order valence-electron chi connectivity index (χ3n) is 4.10. The molecule has 6 nitrogen and oxygen atoms in total. The Kier molecular flexibility index (Phi) is 6.59. The molecular formula is C20H23N5OS. The Morgan fingerprint density at radius 2 is 1.74 bits per heavy atom. The first-order valence-corrected chi connectivity index (χ1v) is 9.91. The van der Waals surface area contributed by atoms with Crippen molar-refractivity contribution in [2.45, 2.75) is 37.5 Å². The molecule has 140 valence electrons. The van der Waals surface area contributed by atoms with Gasteiger partial charge >= 0.3 is 0 Å². The molecule has 0 saturated carbocycles. The number of carbonyl (C=O) groups is 1. The second-order valence-corrected chi connectivity index (χ2v) is 7.45. The van der Waals surface area contributed by atoms with E-state index >= 15 is 0 Å². The highest BCUT2D eigenvalue weighted by atomic mass is 32.2. The molecule has 1 N–H and O–H groups in total. The smallest absolute Gasteiger partial charge is 0.230 e. The maximum atomic E-state index is 12.6. The van der Waals surface area contributed by atoms with Crippen LogP contribution in [0.15, 0.2) is 65.8 Å². The average Bonchev–Trinajstić information content (AvgIpc) is 3.16. The topological polar surface area (TPSA) is 72.7 Å². The van der Waals surface area contributed by atoms with Crippen molar-refractivity contribution >= 4 is 17.7 Å². The predicted octanol–water partition coefficient (Wildman–Crippen LogP) is 3.45. The van der Waals surface area contributed by atoms with Gasteiger partial charge in [0.25, 0.3) is 0 Å². The van der Waals surface area contributed by atoms with Crippen molar-refractivity contribution in [1.29, 1.82) is 0 Å². The van der Waals surface area contributed by atoms with Crippen LogP contribution in [0.3, 0.4) is 0 Å². The van der Waals surface area contributed by atoms with Gasteiger partial charge in [-0.1, -0.05) is 72.4 Å². The highest BCUT2D eigenvalue weighted by Crippen LogP contribution is 2.20. The number of hydrogen-bond acceptors (Lipinski definition) is 5. The molecule has 0 aliphatic rings. The normalized spacial score (nSPS) is 12.1. The molecule has 7 heteroatoms. The zero-order chi connectivity index (χ0) is 19.1. The van der Waals surface area contributed by atoms with Crippen molar-refractivity contribution < 1.29 is 4.79 Å². The lowest BCUT2D eigenvalue weighted by molar-refractivity contribution is -0.119. The van der Waals surface area contributed by atoms with Crippen LogP contribution >= 0.6 is 11.8 Å². The number of aromatic nitrogens is 4. The fourth-order valence-electron chi connectivity index (χ4n) is 2.76. The summed E-state index contributed by atoms with van der Waals surface area (Å²) < 4.78 is 1.72. The molecule has 27 heavy (non-hydrogen) atoms. The standard InChI is InChI=1S/C20H23N5OS/c1-15(2)25-20(22-23-24-25)27-14-19(26)21-18(17-11-7-4-8-12-17)13-16-9-5-3-6-10-16/h3-12,15,18H,13-14H2,1-2H3,(H,21,26). The molecule has 2 aromatic carbocycles. The van der Waals surface area contributed by atoms with Gasteiger partial charge < -0.3 is 5.32 Å². The van der Waals surface area contributed by atoms with E-state index in [0.717, 1.165) is 12.0 Å². The van der Waals surface area contributed by atoms with Crippen LogP contribution in [0.5, 0.6) is 0 Å². The lowest BCUT2D eigenvalue weighted by atomic mass is 9.99. The van der Waals surface area contributed by atoms with Crippen LogP contribution < -0.4 is 5.32 Å². The molecule has 0 fully saturated rings. The number of nitrogens with zero attached hydrogens (tertiary/aromatic N) is 4. The van der Waals surface area contributed by atoms with Crippen LogP contribution in [-0.2, 0) is 11.2 Å². The highest BCUT2D eigenvalue weighted by Gasteiger charge is 2.17. The molecule has 0 radical (unpaired) electrons. The lowest BCUT2D eigenvalue weighted by Crippen LogP contribution is -2.31. The van der Waals surface area contributed by atoms with Gasteiger partial charge in [-0.2, -0.15) is 0 Å². The third-order valence-corrected chi connectivity index (χ3v) is 5.04. The summed E-state index contributed by atoms with van der Waals surface area (Å²) in [5.41, 5.74) is 2.27. The number of hydrogen-bond donors (Lipinski definition) is 1. The van der Waals surface area contributed by atoms with Gasteiger partial charge in [0, 0.05) is 0 Å². The zero-order valence-electron chi connectivity index (χ0n) is 15.4. The monoisotopic (exact) mass is 381 g/mol. The maximum absolute atomic E-state index is 12.6. The molecule has 1 amide bonds. The van der Waals surface area contributed by atoms with Gasteiger partial charge in [-0.3, -0.25) is 4.79 Å². The Morgan fingerprint density at radius 3 is 2.41 bits per heavy atom. The Balaban J connectivity index is 1.66. The first-order valence-electron chi connectivity index (χ1n) is 8.92. The van der Waals surface area contributed by atoms with Crippen LogP contribution in [0.25, 0.3) is 0 Å². The second-order valence-electron chi connectivity index (χ2n) is 6.51. The SMILES string of the molecule is CC(C)n1nnnc1SCC(=O)NC(Cc1ccccc1)c1ccccc1. The lowest BCUT2D eigenvalue weighted by Gasteiger charge is -2.19. The van der Waals surface area contributed by atoms with E-state index in [4.69, 9.17) is 0 Å². The zero-order valence-corrected chi connectivity index (χ0v) is 16.3. The Morgan fingerprint density at radius 1 is 1.07 bits per heavy atom. The van der Waals surface area contributed by atoms with Crippen LogP contribution in [0.1, 0.15) is 37.1 Å². The Labute approximate surface area is 163 Å². The fraction of sp³-hybridized carbons (Fsp3) is 0.300. The Bertz CT molecular complexity index is 851. The third kappa shape index (κ3) is 5.40. The van der Waals surface area contributed by atoms with E-state index in [1.165, 1.54) is 17.3 Å². The quantitative estimate of drug-likeness (QED) is 0.605. The van der Waals surface area contributed by atoms with E-state index in [0.29, 0.717) is 5.16 Å². The van der Waals surface area contributed by atoms with E-state index < -0.39 is 0 Å². The number of benzene rings is 2. The number of nitrogens with one attached hydrogen (secondary N) is 1. The minimum Gasteiger partial charge on any atom is -0.348 e. The highest BCUT2D eigenvalue weighted by molar-refractivity contribution is 7.99. The van der Waals surface area contributed by atoms with Gasteiger partial charge in [-0.15, -0.1) is 5.10 Å². The fourth-order valence-corrected chi connectivity index (χ4v) is 3.58. The summed E-state index contributed by atoms with van der Waals surface area (Å²) in [5.74, 6) is 0.230. The van der Waals surface area contributed by atoms with Crippen molar-refractivity contribution in [2.24, 2.45) is 0 Å². The van der Waals surface area contributed by atoms with Gasteiger partial charge in [-0.05, 0) is 41.8 Å². The van der Waals surface area contributed by atoms with Crippen LogP contribution in [0.4, 0.5) is 0 Å². The molecule has 0 aliphatic carbocycles. The van der Waals surface area contributed by atoms with Crippen molar-refractivity contribution in [3.05, 3.63) is 71.8 Å². The molecular weight excluding hydrogens is 358 g/mol. The number of amides is 1. The minimum atomic E-state index is -0.0807. The van der Waals surface area contributed by atoms with E-state index in [9.17, 15) is 4.79 Å². The van der Waals surface area contributed by atoms with E-state index in [1.807, 2.05) is 62.4 Å². The number of tetrazole rings is 1. The summed E-state index contributed by atoms with van der Waals surface area (Å²) in [4.78, 5) is 12.6. The summed E-state index contributed by atoms with van der Waals surface area (Å²) in [7, 11) is 0. The van der Waals surface area contributed by atoms with E-state index in [1.54, 1.807) is 4.68 Å². The number of rotatable bonds is 8. The summed E-state index contributed by atoms with van der Waals surface area (Å²) >= 11 is 1.35. The summed E-state index contributed by atoms with van der Waals surface area (Å²) in [6.07, 6.45) is 0.741. The molecule has 0 spiro atoms. The molecule has 1 unspecified atom stereocenters. The summed E-state index contributed by atoms with van der Waals surface area (Å²) in [5, 5.41) is 15.5. The van der Waals surface area contributed by atoms with Gasteiger partial charge in [0.2, 0.25) is 11.1 Å². The van der Waals surface area contributed by atoms with Gasteiger partial charge in [0.15, 0.2) is 0 Å². The van der Waals surface area contributed by atoms with Crippen molar-refractivity contribution in [2.75, 3.05) is 5.75 Å². The van der Waals surface area contributed by atoms with Crippen molar-refractivity contribution in [3.63, 3.8) is 0 Å². The van der Waals surface area contributed by atoms with Gasteiger partial charge in [0.05, 0.1) is 17.8 Å². The van der Waals surface area contributed by atoms with Crippen LogP contribution in [-0.4, -0.2) is 31.9 Å². The van der Waals surface area contributed by atoms with E-state index in [-0.39, 0.29) is 23.7 Å². The van der Waals surface area contributed by atoms with E-state index in [2.05, 4.69) is 33.0 Å². The van der Waals surface area contributed by atoms with Crippen LogP contribution in [0.2, 0.25) is 0 Å². The predicted molar refractivity (Wildman–Crippen MR) is 106 cm³/mol. The molecule has 3 aromatic rings.